The summed E-state index contributed by atoms with van der Waals surface area (Å²) in [5, 5.41) is 4.80. The van der Waals surface area contributed by atoms with Gasteiger partial charge >= 0.3 is 0 Å². The van der Waals surface area contributed by atoms with Crippen molar-refractivity contribution in [1.82, 2.24) is 4.98 Å². The van der Waals surface area contributed by atoms with Gasteiger partial charge in [0.25, 0.3) is 0 Å². The molecule has 0 bridgehead atoms. The Morgan fingerprint density at radius 3 is 2.57 bits per heavy atom. The van der Waals surface area contributed by atoms with Crippen molar-refractivity contribution in [3.63, 3.8) is 0 Å². The fraction of sp³-hybridized carbons (Fsp3) is 0.412. The van der Waals surface area contributed by atoms with Gasteiger partial charge in [0.1, 0.15) is 5.00 Å². The first-order valence-electron chi connectivity index (χ1n) is 7.52. The summed E-state index contributed by atoms with van der Waals surface area (Å²) in [7, 11) is 0. The first-order valence-corrected chi connectivity index (χ1v) is 8.34. The summed E-state index contributed by atoms with van der Waals surface area (Å²) >= 11 is 1.52. The van der Waals surface area contributed by atoms with Crippen LogP contribution in [0, 0.1) is 12.8 Å². The summed E-state index contributed by atoms with van der Waals surface area (Å²) in [6, 6.07) is 9.40. The number of carbonyl (C=O) groups is 1. The van der Waals surface area contributed by atoms with E-state index in [4.69, 9.17) is 5.73 Å². The second-order valence-corrected chi connectivity index (χ2v) is 7.08. The van der Waals surface area contributed by atoms with Crippen LogP contribution in [0.2, 0.25) is 0 Å². The molecule has 0 radical (unpaired) electrons. The maximum Gasteiger partial charge on any atom is 0.226 e. The van der Waals surface area contributed by atoms with Crippen molar-refractivity contribution in [3.05, 3.63) is 46.6 Å². The van der Waals surface area contributed by atoms with Crippen molar-refractivity contribution in [1.29, 1.82) is 0 Å². The van der Waals surface area contributed by atoms with Crippen LogP contribution in [0.4, 0.5) is 5.00 Å². The second-order valence-electron chi connectivity index (χ2n) is 5.88. The lowest BCUT2D eigenvalue weighted by atomic mass is 10.0. The van der Waals surface area contributed by atoms with Crippen LogP contribution >= 0.6 is 23.7 Å². The highest BCUT2D eigenvalue weighted by Gasteiger charge is 2.16. The Hall–Kier alpha value is -1.43. The number of aromatic nitrogens is 1. The van der Waals surface area contributed by atoms with Crippen molar-refractivity contribution in [2.45, 2.75) is 39.7 Å². The number of rotatable bonds is 6. The van der Waals surface area contributed by atoms with Crippen molar-refractivity contribution in [3.8, 4) is 0 Å². The predicted molar refractivity (Wildman–Crippen MR) is 99.3 cm³/mol. The zero-order chi connectivity index (χ0) is 16.1. The first-order chi connectivity index (χ1) is 10.5. The monoisotopic (exact) mass is 353 g/mol. The zero-order valence-electron chi connectivity index (χ0n) is 13.7. The topological polar surface area (TPSA) is 68.0 Å². The molecule has 2 rings (SSSR count). The molecule has 4 nitrogen and oxygen atoms in total. The predicted octanol–water partition coefficient (Wildman–Crippen LogP) is 4.10. The van der Waals surface area contributed by atoms with E-state index in [2.05, 4.69) is 24.1 Å². The number of thiazole rings is 1. The number of halogens is 1. The number of carbonyl (C=O) groups excluding carboxylic acids is 1. The molecular weight excluding hydrogens is 330 g/mol. The van der Waals surface area contributed by atoms with Gasteiger partial charge in [0, 0.05) is 12.5 Å². The van der Waals surface area contributed by atoms with Gasteiger partial charge in [-0.3, -0.25) is 4.79 Å². The van der Waals surface area contributed by atoms with Crippen molar-refractivity contribution >= 4 is 34.7 Å². The van der Waals surface area contributed by atoms with Crippen molar-refractivity contribution in [2.24, 2.45) is 11.7 Å². The molecule has 2 aromatic rings. The molecule has 0 aliphatic rings. The number of nitrogens with two attached hydrogens (primary N) is 1. The first kappa shape index (κ1) is 19.6. The summed E-state index contributed by atoms with van der Waals surface area (Å²) in [6.07, 6.45) is 1.13. The van der Waals surface area contributed by atoms with Crippen LogP contribution in [-0.4, -0.2) is 10.9 Å². The number of hydrogen-bond acceptors (Lipinski definition) is 4. The third-order valence-electron chi connectivity index (χ3n) is 3.29. The largest absolute Gasteiger partial charge is 0.324 e. The molecule has 6 heteroatoms. The molecule has 0 spiro atoms. The maximum absolute atomic E-state index is 12.2. The molecule has 3 N–H and O–H groups in total. The van der Waals surface area contributed by atoms with E-state index in [1.807, 2.05) is 37.3 Å². The van der Waals surface area contributed by atoms with E-state index in [-0.39, 0.29) is 30.8 Å². The minimum Gasteiger partial charge on any atom is -0.324 e. The highest BCUT2D eigenvalue weighted by molar-refractivity contribution is 7.16. The number of hydrogen-bond donors (Lipinski definition) is 2. The summed E-state index contributed by atoms with van der Waals surface area (Å²) in [5.41, 5.74) is 8.04. The molecule has 0 aliphatic heterocycles. The van der Waals surface area contributed by atoms with Crippen molar-refractivity contribution < 1.29 is 4.79 Å². The molecule has 1 aromatic carbocycles. The molecule has 1 unspecified atom stereocenters. The van der Waals surface area contributed by atoms with E-state index in [0.29, 0.717) is 5.92 Å². The number of nitrogens with zero attached hydrogens (tertiary/aromatic N) is 1. The molecule has 1 heterocycles. The van der Waals surface area contributed by atoms with Crippen LogP contribution in [0.25, 0.3) is 0 Å². The summed E-state index contributed by atoms with van der Waals surface area (Å²) < 4.78 is 0. The number of anilines is 1. The molecule has 0 saturated carbocycles. The average Bonchev–Trinajstić information content (AvgIpc) is 2.78. The Labute approximate surface area is 147 Å². The lowest BCUT2D eigenvalue weighted by Crippen LogP contribution is -2.20. The van der Waals surface area contributed by atoms with Crippen LogP contribution in [0.5, 0.6) is 0 Å². The summed E-state index contributed by atoms with van der Waals surface area (Å²) in [4.78, 5) is 16.7. The van der Waals surface area contributed by atoms with E-state index in [1.165, 1.54) is 11.3 Å². The average molecular weight is 354 g/mol. The third-order valence-corrected chi connectivity index (χ3v) is 4.22. The number of aryl methyl sites for hydroxylation is 1. The van der Waals surface area contributed by atoms with E-state index in [0.717, 1.165) is 27.7 Å². The highest BCUT2D eigenvalue weighted by Crippen LogP contribution is 2.27. The molecular formula is C17H24ClN3OS. The van der Waals surface area contributed by atoms with E-state index in [9.17, 15) is 4.79 Å². The van der Waals surface area contributed by atoms with Crippen LogP contribution in [0.3, 0.4) is 0 Å². The molecule has 0 saturated heterocycles. The molecule has 126 valence electrons. The van der Waals surface area contributed by atoms with Gasteiger partial charge in [-0.05, 0) is 24.8 Å². The van der Waals surface area contributed by atoms with Gasteiger partial charge in [-0.1, -0.05) is 44.2 Å². The Kier molecular flexibility index (Phi) is 7.68. The Balaban J connectivity index is 0.00000264. The maximum atomic E-state index is 12.2. The van der Waals surface area contributed by atoms with Gasteiger partial charge in [0.05, 0.1) is 10.7 Å². The van der Waals surface area contributed by atoms with Gasteiger partial charge in [-0.15, -0.1) is 23.7 Å². The van der Waals surface area contributed by atoms with E-state index in [1.54, 1.807) is 0 Å². The quantitative estimate of drug-likeness (QED) is 0.821. The molecule has 0 fully saturated rings. The zero-order valence-corrected chi connectivity index (χ0v) is 15.3. The molecule has 0 aliphatic carbocycles. The molecule has 1 amide bonds. The standard InChI is InChI=1S/C17H23N3OS.ClH/c1-11(2)9-15-17(22-12(3)19-15)20-16(21)10-14(18)13-7-5-4-6-8-13;/h4-8,11,14H,9-10,18H2,1-3H3,(H,20,21);1H. The molecule has 23 heavy (non-hydrogen) atoms. The van der Waals surface area contributed by atoms with Gasteiger partial charge in [0.2, 0.25) is 5.91 Å². The fourth-order valence-corrected chi connectivity index (χ4v) is 3.15. The Morgan fingerprint density at radius 1 is 1.30 bits per heavy atom. The number of benzene rings is 1. The highest BCUT2D eigenvalue weighted by atomic mass is 35.5. The smallest absolute Gasteiger partial charge is 0.226 e. The van der Waals surface area contributed by atoms with Gasteiger partial charge in [0.15, 0.2) is 0 Å². The Morgan fingerprint density at radius 2 is 1.96 bits per heavy atom. The normalized spacial score (nSPS) is 11.9. The van der Waals surface area contributed by atoms with Crippen LogP contribution in [0.1, 0.15) is 42.6 Å². The minimum atomic E-state index is -0.288. The summed E-state index contributed by atoms with van der Waals surface area (Å²) in [6.45, 7) is 6.25. The molecule has 1 aromatic heterocycles. The van der Waals surface area contributed by atoms with Crippen LogP contribution < -0.4 is 11.1 Å². The third kappa shape index (κ3) is 5.94. The Bertz CT molecular complexity index is 628. The SMILES string of the molecule is Cc1nc(CC(C)C)c(NC(=O)CC(N)c2ccccc2)s1.Cl. The van der Waals surface area contributed by atoms with Crippen molar-refractivity contribution in [2.75, 3.05) is 5.32 Å². The lowest BCUT2D eigenvalue weighted by molar-refractivity contribution is -0.116. The lowest BCUT2D eigenvalue weighted by Gasteiger charge is -2.12. The van der Waals surface area contributed by atoms with Gasteiger partial charge < -0.3 is 11.1 Å². The fourth-order valence-electron chi connectivity index (χ4n) is 2.29. The van der Waals surface area contributed by atoms with Crippen LogP contribution in [0.15, 0.2) is 30.3 Å². The summed E-state index contributed by atoms with van der Waals surface area (Å²) in [5.74, 6) is 0.439. The van der Waals surface area contributed by atoms with Gasteiger partial charge in [-0.25, -0.2) is 4.98 Å². The number of nitrogens with one attached hydrogen (secondary N) is 1. The van der Waals surface area contributed by atoms with E-state index >= 15 is 0 Å². The minimum absolute atomic E-state index is 0. The molecule has 1 atom stereocenters. The second kappa shape index (κ2) is 9.01. The van der Waals surface area contributed by atoms with Gasteiger partial charge in [-0.2, -0.15) is 0 Å². The number of amides is 1. The van der Waals surface area contributed by atoms with E-state index < -0.39 is 0 Å². The van der Waals surface area contributed by atoms with Crippen LogP contribution in [-0.2, 0) is 11.2 Å².